The van der Waals surface area contributed by atoms with Crippen LogP contribution in [0.3, 0.4) is 0 Å². The Balaban J connectivity index is 2.18. The van der Waals surface area contributed by atoms with Crippen LogP contribution in [0.2, 0.25) is 5.02 Å². The fraction of sp³-hybridized carbons (Fsp3) is 0.143. The van der Waals surface area contributed by atoms with Gasteiger partial charge in [0, 0.05) is 18.6 Å². The molecule has 0 aliphatic rings. The molecule has 0 saturated heterocycles. The van der Waals surface area contributed by atoms with Crippen molar-refractivity contribution in [2.24, 2.45) is 0 Å². The number of nitrogens with zero attached hydrogens (tertiary/aromatic N) is 1. The fourth-order valence-electron chi connectivity index (χ4n) is 1.80. The highest BCUT2D eigenvalue weighted by molar-refractivity contribution is 6.31. The van der Waals surface area contributed by atoms with Crippen LogP contribution < -0.4 is 10.6 Å². The van der Waals surface area contributed by atoms with Gasteiger partial charge in [-0.1, -0.05) is 23.7 Å². The zero-order valence-corrected chi connectivity index (χ0v) is 10.8. The van der Waals surface area contributed by atoms with Crippen LogP contribution in [0.5, 0.6) is 0 Å². The summed E-state index contributed by atoms with van der Waals surface area (Å²) in [5.74, 6) is -0.233. The minimum absolute atomic E-state index is 0.233. The molecule has 2 rings (SSSR count). The molecule has 2 aromatic carbocycles. The summed E-state index contributed by atoms with van der Waals surface area (Å²) in [5.41, 5.74) is 8.46. The van der Waals surface area contributed by atoms with E-state index < -0.39 is 0 Å². The van der Waals surface area contributed by atoms with E-state index in [0.717, 1.165) is 11.3 Å². The Morgan fingerprint density at radius 1 is 1.17 bits per heavy atom. The van der Waals surface area contributed by atoms with Crippen molar-refractivity contribution in [2.45, 2.75) is 6.54 Å². The SMILES string of the molecule is CN(Cc1ccc(F)cc1)c1cc(Cl)ccc1N. The van der Waals surface area contributed by atoms with Crippen molar-refractivity contribution in [1.29, 1.82) is 0 Å². The third-order valence-corrected chi connectivity index (χ3v) is 2.97. The van der Waals surface area contributed by atoms with Crippen LogP contribution in [0, 0.1) is 5.82 Å². The van der Waals surface area contributed by atoms with Gasteiger partial charge in [-0.15, -0.1) is 0 Å². The Bertz CT molecular complexity index is 540. The van der Waals surface area contributed by atoms with E-state index >= 15 is 0 Å². The molecule has 0 aromatic heterocycles. The number of nitrogens with two attached hydrogens (primary N) is 1. The van der Waals surface area contributed by atoms with Gasteiger partial charge in [0.1, 0.15) is 5.82 Å². The second-order valence-corrected chi connectivity index (χ2v) is 4.62. The molecule has 4 heteroatoms. The van der Waals surface area contributed by atoms with E-state index in [1.54, 1.807) is 24.3 Å². The van der Waals surface area contributed by atoms with Crippen molar-refractivity contribution >= 4 is 23.0 Å². The molecule has 94 valence electrons. The van der Waals surface area contributed by atoms with E-state index in [-0.39, 0.29) is 5.82 Å². The summed E-state index contributed by atoms with van der Waals surface area (Å²) in [6.07, 6.45) is 0. The predicted octanol–water partition coefficient (Wildman–Crippen LogP) is 3.70. The van der Waals surface area contributed by atoms with Crippen LogP contribution in [0.15, 0.2) is 42.5 Å². The third kappa shape index (κ3) is 2.93. The zero-order valence-electron chi connectivity index (χ0n) is 10.0. The molecule has 0 aliphatic carbocycles. The van der Waals surface area contributed by atoms with E-state index in [1.807, 2.05) is 18.0 Å². The van der Waals surface area contributed by atoms with Gasteiger partial charge in [-0.25, -0.2) is 4.39 Å². The van der Waals surface area contributed by atoms with E-state index in [0.29, 0.717) is 17.3 Å². The van der Waals surface area contributed by atoms with Gasteiger partial charge in [0.05, 0.1) is 11.4 Å². The van der Waals surface area contributed by atoms with Crippen molar-refractivity contribution in [3.05, 3.63) is 58.9 Å². The fourth-order valence-corrected chi connectivity index (χ4v) is 1.96. The highest BCUT2D eigenvalue weighted by Gasteiger charge is 2.07. The predicted molar refractivity (Wildman–Crippen MR) is 74.4 cm³/mol. The molecule has 2 nitrogen and oxygen atoms in total. The molecule has 0 atom stereocenters. The molecule has 0 spiro atoms. The first kappa shape index (κ1) is 12.7. The number of anilines is 2. The number of nitrogen functional groups attached to an aromatic ring is 1. The first-order chi connectivity index (χ1) is 8.56. The maximum absolute atomic E-state index is 12.8. The lowest BCUT2D eigenvalue weighted by molar-refractivity contribution is 0.627. The molecule has 0 radical (unpaired) electrons. The molecule has 0 aliphatic heterocycles. The van der Waals surface area contributed by atoms with Crippen molar-refractivity contribution < 1.29 is 4.39 Å². The summed E-state index contributed by atoms with van der Waals surface area (Å²) in [7, 11) is 1.92. The number of rotatable bonds is 3. The molecule has 18 heavy (non-hydrogen) atoms. The summed E-state index contributed by atoms with van der Waals surface area (Å²) in [5, 5.41) is 0.644. The summed E-state index contributed by atoms with van der Waals surface area (Å²) in [6.45, 7) is 0.644. The van der Waals surface area contributed by atoms with Crippen molar-refractivity contribution in [3.63, 3.8) is 0 Å². The maximum Gasteiger partial charge on any atom is 0.123 e. The minimum Gasteiger partial charge on any atom is -0.397 e. The first-order valence-corrected chi connectivity index (χ1v) is 5.94. The van der Waals surface area contributed by atoms with Gasteiger partial charge >= 0.3 is 0 Å². The maximum atomic E-state index is 12.8. The molecule has 0 heterocycles. The van der Waals surface area contributed by atoms with Gasteiger partial charge in [0.25, 0.3) is 0 Å². The number of hydrogen-bond donors (Lipinski definition) is 1. The Morgan fingerprint density at radius 3 is 2.50 bits per heavy atom. The van der Waals surface area contributed by atoms with E-state index in [4.69, 9.17) is 17.3 Å². The Labute approximate surface area is 111 Å². The van der Waals surface area contributed by atoms with Gasteiger partial charge in [0.2, 0.25) is 0 Å². The van der Waals surface area contributed by atoms with Crippen molar-refractivity contribution in [1.82, 2.24) is 0 Å². The third-order valence-electron chi connectivity index (χ3n) is 2.74. The van der Waals surface area contributed by atoms with Crippen LogP contribution in [0.4, 0.5) is 15.8 Å². The van der Waals surface area contributed by atoms with E-state index in [1.165, 1.54) is 12.1 Å². The molecular formula is C14H14ClFN2. The van der Waals surface area contributed by atoms with E-state index in [2.05, 4.69) is 0 Å². The van der Waals surface area contributed by atoms with Crippen LogP contribution in [0.25, 0.3) is 0 Å². The van der Waals surface area contributed by atoms with Gasteiger partial charge in [-0.05, 0) is 35.9 Å². The van der Waals surface area contributed by atoms with Crippen LogP contribution in [0.1, 0.15) is 5.56 Å². The molecule has 0 bridgehead atoms. The standard InChI is InChI=1S/C14H14ClFN2/c1-18(9-10-2-5-12(16)6-3-10)14-8-11(15)4-7-13(14)17/h2-8H,9,17H2,1H3. The van der Waals surface area contributed by atoms with Gasteiger partial charge in [-0.2, -0.15) is 0 Å². The van der Waals surface area contributed by atoms with Crippen LogP contribution >= 0.6 is 11.6 Å². The lowest BCUT2D eigenvalue weighted by Gasteiger charge is -2.21. The van der Waals surface area contributed by atoms with Gasteiger partial charge < -0.3 is 10.6 Å². The smallest absolute Gasteiger partial charge is 0.123 e. The summed E-state index contributed by atoms with van der Waals surface area (Å²) >= 11 is 5.95. The first-order valence-electron chi connectivity index (χ1n) is 5.57. The molecule has 2 N–H and O–H groups in total. The highest BCUT2D eigenvalue weighted by atomic mass is 35.5. The average Bonchev–Trinajstić information content (AvgIpc) is 2.35. The average molecular weight is 265 g/mol. The quantitative estimate of drug-likeness (QED) is 0.857. The molecule has 0 fully saturated rings. The number of hydrogen-bond acceptors (Lipinski definition) is 2. The summed E-state index contributed by atoms with van der Waals surface area (Å²) < 4.78 is 12.8. The van der Waals surface area contributed by atoms with Crippen LogP contribution in [-0.2, 0) is 6.54 Å². The number of halogens is 2. The van der Waals surface area contributed by atoms with Gasteiger partial charge in [0.15, 0.2) is 0 Å². The Hall–Kier alpha value is -1.74. The van der Waals surface area contributed by atoms with E-state index in [9.17, 15) is 4.39 Å². The van der Waals surface area contributed by atoms with Gasteiger partial charge in [-0.3, -0.25) is 0 Å². The largest absolute Gasteiger partial charge is 0.397 e. The summed E-state index contributed by atoms with van der Waals surface area (Å²) in [6, 6.07) is 11.8. The lowest BCUT2D eigenvalue weighted by Crippen LogP contribution is -2.17. The minimum atomic E-state index is -0.233. The zero-order chi connectivity index (χ0) is 13.1. The topological polar surface area (TPSA) is 29.3 Å². The highest BCUT2D eigenvalue weighted by Crippen LogP contribution is 2.27. The second kappa shape index (κ2) is 5.27. The Kier molecular flexibility index (Phi) is 3.72. The second-order valence-electron chi connectivity index (χ2n) is 4.19. The molecule has 0 saturated carbocycles. The molecule has 2 aromatic rings. The van der Waals surface area contributed by atoms with Crippen LogP contribution in [-0.4, -0.2) is 7.05 Å². The molecule has 0 unspecified atom stereocenters. The summed E-state index contributed by atoms with van der Waals surface area (Å²) in [4.78, 5) is 1.98. The molecule has 0 amide bonds. The number of benzene rings is 2. The monoisotopic (exact) mass is 264 g/mol. The Morgan fingerprint density at radius 2 is 1.83 bits per heavy atom. The normalized spacial score (nSPS) is 10.4. The molecular weight excluding hydrogens is 251 g/mol. The van der Waals surface area contributed by atoms with Crippen molar-refractivity contribution in [2.75, 3.05) is 17.7 Å². The van der Waals surface area contributed by atoms with Crippen molar-refractivity contribution in [3.8, 4) is 0 Å². The lowest BCUT2D eigenvalue weighted by atomic mass is 10.2.